The van der Waals surface area contributed by atoms with Gasteiger partial charge in [-0.25, -0.2) is 4.68 Å². The van der Waals surface area contributed by atoms with Gasteiger partial charge in [0, 0.05) is 19.0 Å². The molecule has 3 nitrogen and oxygen atoms in total. The first-order valence-electron chi connectivity index (χ1n) is 6.76. The molecule has 2 aromatic rings. The van der Waals surface area contributed by atoms with Crippen LogP contribution in [0, 0.1) is 5.92 Å². The Morgan fingerprint density at radius 2 is 2.00 bits per heavy atom. The normalized spacial score (nSPS) is 10.9. The van der Waals surface area contributed by atoms with Crippen LogP contribution in [0.15, 0.2) is 42.7 Å². The Morgan fingerprint density at radius 1 is 1.26 bits per heavy atom. The number of carbonyl (C=O) groups is 1. The fraction of sp³-hybridized carbons (Fsp3) is 0.375. The second-order valence-corrected chi connectivity index (χ2v) is 5.27. The summed E-state index contributed by atoms with van der Waals surface area (Å²) in [6, 6.07) is 9.99. The molecule has 0 aliphatic heterocycles. The van der Waals surface area contributed by atoms with E-state index in [-0.39, 0.29) is 0 Å². The third-order valence-corrected chi connectivity index (χ3v) is 2.99. The third kappa shape index (κ3) is 4.05. The summed E-state index contributed by atoms with van der Waals surface area (Å²) >= 11 is 0. The van der Waals surface area contributed by atoms with Gasteiger partial charge in [0.15, 0.2) is 0 Å². The highest BCUT2D eigenvalue weighted by Crippen LogP contribution is 2.11. The Morgan fingerprint density at radius 3 is 2.68 bits per heavy atom. The summed E-state index contributed by atoms with van der Waals surface area (Å²) in [5.41, 5.74) is 2.16. The number of benzene rings is 1. The molecule has 2 rings (SSSR count). The van der Waals surface area contributed by atoms with Gasteiger partial charge in [-0.05, 0) is 30.0 Å². The van der Waals surface area contributed by atoms with E-state index in [0.29, 0.717) is 24.5 Å². The number of para-hydroxylation sites is 1. The van der Waals surface area contributed by atoms with Gasteiger partial charge in [-0.15, -0.1) is 0 Å². The summed E-state index contributed by atoms with van der Waals surface area (Å²) in [6.07, 6.45) is 5.90. The Labute approximate surface area is 114 Å². The molecule has 0 spiro atoms. The molecule has 0 aliphatic carbocycles. The van der Waals surface area contributed by atoms with E-state index in [1.54, 1.807) is 0 Å². The molecule has 19 heavy (non-hydrogen) atoms. The maximum absolute atomic E-state index is 11.7. The maximum Gasteiger partial charge on any atom is 0.133 e. The van der Waals surface area contributed by atoms with Crippen LogP contribution in [0.25, 0.3) is 5.69 Å². The van der Waals surface area contributed by atoms with Gasteiger partial charge in [-0.2, -0.15) is 5.10 Å². The number of ketones is 1. The van der Waals surface area contributed by atoms with Gasteiger partial charge in [0.25, 0.3) is 0 Å². The van der Waals surface area contributed by atoms with E-state index in [1.807, 2.05) is 47.4 Å². The van der Waals surface area contributed by atoms with Crippen molar-refractivity contribution in [1.82, 2.24) is 9.78 Å². The zero-order chi connectivity index (χ0) is 13.7. The van der Waals surface area contributed by atoms with E-state index in [9.17, 15) is 4.79 Å². The molecule has 0 unspecified atom stereocenters. The van der Waals surface area contributed by atoms with E-state index in [4.69, 9.17) is 0 Å². The number of hydrogen-bond acceptors (Lipinski definition) is 2. The van der Waals surface area contributed by atoms with Crippen molar-refractivity contribution in [1.29, 1.82) is 0 Å². The molecular weight excluding hydrogens is 236 g/mol. The fourth-order valence-electron chi connectivity index (χ4n) is 2.05. The summed E-state index contributed by atoms with van der Waals surface area (Å²) in [6.45, 7) is 4.15. The van der Waals surface area contributed by atoms with Crippen LogP contribution in [0.2, 0.25) is 0 Å². The van der Waals surface area contributed by atoms with Gasteiger partial charge in [0.2, 0.25) is 0 Å². The van der Waals surface area contributed by atoms with Crippen molar-refractivity contribution >= 4 is 5.78 Å². The highest BCUT2D eigenvalue weighted by molar-refractivity contribution is 5.78. The summed E-state index contributed by atoms with van der Waals surface area (Å²) < 4.78 is 1.85. The summed E-state index contributed by atoms with van der Waals surface area (Å²) in [4.78, 5) is 11.7. The smallest absolute Gasteiger partial charge is 0.133 e. The minimum Gasteiger partial charge on any atom is -0.300 e. The number of aryl methyl sites for hydroxylation is 1. The number of rotatable bonds is 6. The number of aromatic nitrogens is 2. The lowest BCUT2D eigenvalue weighted by Crippen LogP contribution is -2.03. The van der Waals surface area contributed by atoms with Crippen LogP contribution in [0.5, 0.6) is 0 Å². The maximum atomic E-state index is 11.7. The molecule has 0 aliphatic rings. The molecule has 3 heteroatoms. The summed E-state index contributed by atoms with van der Waals surface area (Å²) in [5.74, 6) is 0.780. The third-order valence-electron chi connectivity index (χ3n) is 2.99. The van der Waals surface area contributed by atoms with Crippen LogP contribution in [0.1, 0.15) is 32.3 Å². The first-order chi connectivity index (χ1) is 9.15. The zero-order valence-corrected chi connectivity index (χ0v) is 11.5. The van der Waals surface area contributed by atoms with Crippen LogP contribution in [-0.2, 0) is 11.2 Å². The van der Waals surface area contributed by atoms with E-state index in [0.717, 1.165) is 17.7 Å². The zero-order valence-electron chi connectivity index (χ0n) is 11.5. The lowest BCUT2D eigenvalue weighted by atomic mass is 10.0. The van der Waals surface area contributed by atoms with Crippen molar-refractivity contribution in [2.75, 3.05) is 0 Å². The van der Waals surface area contributed by atoms with Gasteiger partial charge in [0.1, 0.15) is 5.78 Å². The average molecular weight is 256 g/mol. The largest absolute Gasteiger partial charge is 0.300 e. The molecule has 0 atom stereocenters. The molecule has 0 saturated heterocycles. The second kappa shape index (κ2) is 6.32. The van der Waals surface area contributed by atoms with E-state index >= 15 is 0 Å². The van der Waals surface area contributed by atoms with Gasteiger partial charge in [0.05, 0.1) is 11.9 Å². The Kier molecular flexibility index (Phi) is 4.50. The first kappa shape index (κ1) is 13.5. The lowest BCUT2D eigenvalue weighted by Gasteiger charge is -2.02. The SMILES string of the molecule is CC(C)CC(=O)CCc1cnn(-c2ccccc2)c1. The standard InChI is InChI=1S/C16H20N2O/c1-13(2)10-16(19)9-8-14-11-17-18(12-14)15-6-4-3-5-7-15/h3-7,11-13H,8-10H2,1-2H3. The van der Waals surface area contributed by atoms with Crippen molar-refractivity contribution in [3.8, 4) is 5.69 Å². The second-order valence-electron chi connectivity index (χ2n) is 5.27. The van der Waals surface area contributed by atoms with Crippen LogP contribution in [0.3, 0.4) is 0 Å². The van der Waals surface area contributed by atoms with Gasteiger partial charge in [-0.1, -0.05) is 32.0 Å². The fourth-order valence-corrected chi connectivity index (χ4v) is 2.05. The summed E-state index contributed by atoms with van der Waals surface area (Å²) in [5, 5.41) is 4.33. The van der Waals surface area contributed by atoms with Crippen LogP contribution in [0.4, 0.5) is 0 Å². The predicted octanol–water partition coefficient (Wildman–Crippen LogP) is 3.42. The average Bonchev–Trinajstić information content (AvgIpc) is 2.85. The van der Waals surface area contributed by atoms with Crippen LogP contribution in [-0.4, -0.2) is 15.6 Å². The minimum absolute atomic E-state index is 0.336. The molecule has 0 amide bonds. The number of Topliss-reactive ketones (excluding diaryl/α,β-unsaturated/α-hetero) is 1. The summed E-state index contributed by atoms with van der Waals surface area (Å²) in [7, 11) is 0. The molecule has 100 valence electrons. The minimum atomic E-state index is 0.336. The van der Waals surface area contributed by atoms with Crippen molar-refractivity contribution < 1.29 is 4.79 Å². The van der Waals surface area contributed by atoms with E-state index in [1.165, 1.54) is 0 Å². The molecule has 1 aromatic heterocycles. The molecule has 1 aromatic carbocycles. The topological polar surface area (TPSA) is 34.9 Å². The highest BCUT2D eigenvalue weighted by Gasteiger charge is 2.07. The molecule has 0 bridgehead atoms. The lowest BCUT2D eigenvalue weighted by molar-refractivity contribution is -0.119. The van der Waals surface area contributed by atoms with Crippen molar-refractivity contribution in [2.24, 2.45) is 5.92 Å². The van der Waals surface area contributed by atoms with Crippen molar-refractivity contribution in [2.45, 2.75) is 33.1 Å². The first-order valence-corrected chi connectivity index (χ1v) is 6.76. The van der Waals surface area contributed by atoms with Crippen LogP contribution < -0.4 is 0 Å². The highest BCUT2D eigenvalue weighted by atomic mass is 16.1. The molecule has 0 fully saturated rings. The molecule has 0 radical (unpaired) electrons. The van der Waals surface area contributed by atoms with Crippen LogP contribution >= 0.6 is 0 Å². The van der Waals surface area contributed by atoms with Gasteiger partial charge < -0.3 is 0 Å². The Balaban J connectivity index is 1.93. The number of nitrogens with zero attached hydrogens (tertiary/aromatic N) is 2. The Bertz CT molecular complexity index is 529. The molecular formula is C16H20N2O. The van der Waals surface area contributed by atoms with Gasteiger partial charge >= 0.3 is 0 Å². The Hall–Kier alpha value is -1.90. The quantitative estimate of drug-likeness (QED) is 0.793. The number of carbonyl (C=O) groups excluding carboxylic acids is 1. The van der Waals surface area contributed by atoms with Gasteiger partial charge in [-0.3, -0.25) is 4.79 Å². The van der Waals surface area contributed by atoms with E-state index < -0.39 is 0 Å². The van der Waals surface area contributed by atoms with Crippen molar-refractivity contribution in [3.05, 3.63) is 48.3 Å². The number of hydrogen-bond donors (Lipinski definition) is 0. The molecule has 0 N–H and O–H groups in total. The van der Waals surface area contributed by atoms with E-state index in [2.05, 4.69) is 18.9 Å². The monoisotopic (exact) mass is 256 g/mol. The predicted molar refractivity (Wildman–Crippen MR) is 76.3 cm³/mol. The molecule has 1 heterocycles. The molecule has 0 saturated carbocycles. The van der Waals surface area contributed by atoms with Crippen molar-refractivity contribution in [3.63, 3.8) is 0 Å².